The van der Waals surface area contributed by atoms with E-state index in [9.17, 15) is 9.50 Å². The molecule has 5 rings (SSSR count). The van der Waals surface area contributed by atoms with Crippen LogP contribution in [0, 0.1) is 34.4 Å². The van der Waals surface area contributed by atoms with Gasteiger partial charge in [-0.25, -0.2) is 4.39 Å². The number of halogens is 1. The Bertz CT molecular complexity index is 829. The summed E-state index contributed by atoms with van der Waals surface area (Å²) in [4.78, 5) is 4.09. The summed E-state index contributed by atoms with van der Waals surface area (Å²) in [6.07, 6.45) is 15.5. The first-order chi connectivity index (χ1) is 12.9. The predicted molar refractivity (Wildman–Crippen MR) is 105 cm³/mol. The van der Waals surface area contributed by atoms with Gasteiger partial charge in [-0.3, -0.25) is 4.98 Å². The summed E-state index contributed by atoms with van der Waals surface area (Å²) in [6, 6.07) is 1.63. The van der Waals surface area contributed by atoms with E-state index >= 15 is 0 Å². The molecule has 0 bridgehead atoms. The third kappa shape index (κ3) is 2.50. The molecule has 0 spiro atoms. The molecule has 4 aliphatic rings. The second kappa shape index (κ2) is 6.01. The van der Waals surface area contributed by atoms with Gasteiger partial charge in [-0.1, -0.05) is 31.6 Å². The predicted octanol–water partition coefficient (Wildman–Crippen LogP) is 5.54. The Morgan fingerprint density at radius 1 is 1.07 bits per heavy atom. The number of hydrogen-bond donors (Lipinski definition) is 1. The molecule has 1 N–H and O–H groups in total. The quantitative estimate of drug-likeness (QED) is 0.707. The van der Waals surface area contributed by atoms with Crippen LogP contribution in [0.2, 0.25) is 0 Å². The summed E-state index contributed by atoms with van der Waals surface area (Å²) in [6.45, 7) is 4.86. The molecule has 144 valence electrons. The first kappa shape index (κ1) is 17.6. The van der Waals surface area contributed by atoms with E-state index in [1.54, 1.807) is 11.6 Å². The highest BCUT2D eigenvalue weighted by atomic mass is 19.1. The molecule has 0 amide bonds. The molecule has 0 aliphatic heterocycles. The highest BCUT2D eigenvalue weighted by Gasteiger charge is 2.56. The van der Waals surface area contributed by atoms with Crippen molar-refractivity contribution in [1.82, 2.24) is 4.98 Å². The molecule has 3 saturated carbocycles. The molecule has 1 aromatic rings. The van der Waals surface area contributed by atoms with Crippen LogP contribution in [0.3, 0.4) is 0 Å². The Kier molecular flexibility index (Phi) is 3.92. The van der Waals surface area contributed by atoms with Crippen LogP contribution >= 0.6 is 0 Å². The number of aliphatic hydroxyl groups excluding tert-OH is 1. The first-order valence-electron chi connectivity index (χ1n) is 10.6. The van der Waals surface area contributed by atoms with Gasteiger partial charge in [0.05, 0.1) is 12.3 Å². The van der Waals surface area contributed by atoms with Crippen molar-refractivity contribution in [3.05, 3.63) is 47.6 Å². The maximum atomic E-state index is 13.8. The van der Waals surface area contributed by atoms with E-state index in [0.717, 1.165) is 37.2 Å². The molecule has 4 aliphatic carbocycles. The molecule has 3 heteroatoms. The van der Waals surface area contributed by atoms with Crippen molar-refractivity contribution < 1.29 is 9.50 Å². The molecule has 0 saturated heterocycles. The van der Waals surface area contributed by atoms with Gasteiger partial charge in [-0.2, -0.15) is 0 Å². The summed E-state index contributed by atoms with van der Waals surface area (Å²) in [5.41, 5.74) is 4.14. The van der Waals surface area contributed by atoms with Crippen LogP contribution in [-0.2, 0) is 0 Å². The van der Waals surface area contributed by atoms with Crippen LogP contribution in [0.4, 0.5) is 4.39 Å². The van der Waals surface area contributed by atoms with E-state index in [0.29, 0.717) is 17.3 Å². The summed E-state index contributed by atoms with van der Waals surface area (Å²) < 4.78 is 13.8. The molecule has 1 aromatic heterocycles. The molecule has 1 unspecified atom stereocenters. The zero-order valence-corrected chi connectivity index (χ0v) is 16.4. The van der Waals surface area contributed by atoms with Crippen molar-refractivity contribution >= 4 is 5.57 Å². The number of nitrogens with zero attached hydrogens (tertiary/aromatic N) is 1. The normalized spacial score (nSPS) is 43.3. The van der Waals surface area contributed by atoms with Crippen LogP contribution < -0.4 is 0 Å². The lowest BCUT2D eigenvalue weighted by Crippen LogP contribution is -2.51. The smallest absolute Gasteiger partial charge is 0.142 e. The molecule has 1 heterocycles. The van der Waals surface area contributed by atoms with Crippen molar-refractivity contribution in [2.45, 2.75) is 64.9 Å². The minimum atomic E-state index is -0.257. The largest absolute Gasteiger partial charge is 0.393 e. The minimum Gasteiger partial charge on any atom is -0.393 e. The number of aromatic nitrogens is 1. The SMILES string of the molecule is C[C@]12CC[C@H]3[C@@H](CCC4C[C@@H](O)CC[C@@]43C)C1=CC=C2c1cncc(F)c1. The summed E-state index contributed by atoms with van der Waals surface area (Å²) in [5, 5.41) is 10.2. The van der Waals surface area contributed by atoms with Crippen LogP contribution in [-0.4, -0.2) is 16.2 Å². The Hall–Kier alpha value is -1.48. The van der Waals surface area contributed by atoms with Gasteiger partial charge >= 0.3 is 0 Å². The fraction of sp³-hybridized carbons (Fsp3) is 0.625. The second-order valence-electron chi connectivity index (χ2n) is 9.89. The number of rotatable bonds is 1. The lowest BCUT2D eigenvalue weighted by Gasteiger charge is -2.59. The first-order valence-corrected chi connectivity index (χ1v) is 10.6. The van der Waals surface area contributed by atoms with Gasteiger partial charge in [-0.15, -0.1) is 0 Å². The van der Waals surface area contributed by atoms with Crippen molar-refractivity contribution in [1.29, 1.82) is 0 Å². The van der Waals surface area contributed by atoms with Crippen LogP contribution in [0.15, 0.2) is 36.2 Å². The highest BCUT2D eigenvalue weighted by Crippen LogP contribution is 2.66. The number of hydrogen-bond acceptors (Lipinski definition) is 2. The monoisotopic (exact) mass is 367 g/mol. The molecule has 3 fully saturated rings. The van der Waals surface area contributed by atoms with Gasteiger partial charge in [0.15, 0.2) is 0 Å². The van der Waals surface area contributed by atoms with E-state index in [4.69, 9.17) is 0 Å². The van der Waals surface area contributed by atoms with E-state index in [1.165, 1.54) is 31.0 Å². The van der Waals surface area contributed by atoms with Crippen molar-refractivity contribution in [3.63, 3.8) is 0 Å². The Labute approximate surface area is 161 Å². The summed E-state index contributed by atoms with van der Waals surface area (Å²) in [5.74, 6) is 1.78. The molecule has 0 radical (unpaired) electrons. The van der Waals surface area contributed by atoms with E-state index in [1.807, 2.05) is 6.20 Å². The maximum absolute atomic E-state index is 13.8. The zero-order valence-electron chi connectivity index (χ0n) is 16.4. The molecule has 27 heavy (non-hydrogen) atoms. The third-order valence-corrected chi connectivity index (χ3v) is 8.70. The summed E-state index contributed by atoms with van der Waals surface area (Å²) >= 11 is 0. The van der Waals surface area contributed by atoms with Gasteiger partial charge in [0.1, 0.15) is 5.82 Å². The Balaban J connectivity index is 1.46. The summed E-state index contributed by atoms with van der Waals surface area (Å²) in [7, 11) is 0. The average Bonchev–Trinajstić information content (AvgIpc) is 2.99. The molecule has 0 aromatic carbocycles. The van der Waals surface area contributed by atoms with Gasteiger partial charge in [0, 0.05) is 11.6 Å². The number of aliphatic hydroxyl groups is 1. The number of pyridine rings is 1. The van der Waals surface area contributed by atoms with Gasteiger partial charge in [-0.05, 0) is 85.3 Å². The lowest BCUT2D eigenvalue weighted by molar-refractivity contribution is -0.0784. The third-order valence-electron chi connectivity index (χ3n) is 8.70. The van der Waals surface area contributed by atoms with Gasteiger partial charge < -0.3 is 5.11 Å². The highest BCUT2D eigenvalue weighted by molar-refractivity contribution is 5.78. The topological polar surface area (TPSA) is 33.1 Å². The minimum absolute atomic E-state index is 0.0218. The van der Waals surface area contributed by atoms with Gasteiger partial charge in [0.25, 0.3) is 0 Å². The van der Waals surface area contributed by atoms with Crippen molar-refractivity contribution in [3.8, 4) is 0 Å². The van der Waals surface area contributed by atoms with E-state index in [2.05, 4.69) is 31.0 Å². The number of fused-ring (bicyclic) bond motifs is 5. The molecular formula is C24H30FNO. The Morgan fingerprint density at radius 3 is 2.74 bits per heavy atom. The van der Waals surface area contributed by atoms with E-state index < -0.39 is 0 Å². The molecule has 6 atom stereocenters. The fourth-order valence-corrected chi connectivity index (χ4v) is 7.20. The van der Waals surface area contributed by atoms with E-state index in [-0.39, 0.29) is 17.3 Å². The van der Waals surface area contributed by atoms with Crippen LogP contribution in [0.25, 0.3) is 5.57 Å². The number of allylic oxidation sites excluding steroid dienone is 4. The lowest BCUT2D eigenvalue weighted by atomic mass is 9.46. The zero-order chi connectivity index (χ0) is 18.8. The maximum Gasteiger partial charge on any atom is 0.142 e. The fourth-order valence-electron chi connectivity index (χ4n) is 7.20. The average molecular weight is 368 g/mol. The molecular weight excluding hydrogens is 337 g/mol. The second-order valence-corrected chi connectivity index (χ2v) is 9.89. The van der Waals surface area contributed by atoms with Crippen LogP contribution in [0.1, 0.15) is 64.4 Å². The standard InChI is InChI=1S/C24H30FNO/c1-23-9-7-18(27)12-16(23)3-4-19-21-6-5-20(15-11-17(25)14-26-13-15)24(21,2)10-8-22(19)23/h5-6,11,13-14,16,18-19,22,27H,3-4,7-10,12H2,1-2H3/t16?,18-,19-,22-,23-,24+/m0/s1. The Morgan fingerprint density at radius 2 is 1.93 bits per heavy atom. The van der Waals surface area contributed by atoms with Crippen LogP contribution in [0.5, 0.6) is 0 Å². The van der Waals surface area contributed by atoms with Gasteiger partial charge in [0.2, 0.25) is 0 Å². The van der Waals surface area contributed by atoms with Crippen molar-refractivity contribution in [2.75, 3.05) is 0 Å². The molecule has 2 nitrogen and oxygen atoms in total. The van der Waals surface area contributed by atoms with Crippen molar-refractivity contribution in [2.24, 2.45) is 28.6 Å².